The number of rotatable bonds is 0. The summed E-state index contributed by atoms with van der Waals surface area (Å²) in [6, 6.07) is 1.82. The van der Waals surface area contributed by atoms with E-state index in [2.05, 4.69) is 6.58 Å². The van der Waals surface area contributed by atoms with Crippen molar-refractivity contribution in [3.05, 3.63) is 32.6 Å². The first-order valence-corrected chi connectivity index (χ1v) is 4.90. The number of aromatic nitrogens is 1. The molecule has 0 aliphatic carbocycles. The van der Waals surface area contributed by atoms with Gasteiger partial charge < -0.3 is 4.57 Å². The minimum absolute atomic E-state index is 0.0514. The van der Waals surface area contributed by atoms with Crippen molar-refractivity contribution in [3.63, 3.8) is 0 Å². The van der Waals surface area contributed by atoms with Crippen LogP contribution in [0.5, 0.6) is 0 Å². The van der Waals surface area contributed by atoms with Crippen LogP contribution in [0.15, 0.2) is 10.9 Å². The Labute approximate surface area is 85.2 Å². The van der Waals surface area contributed by atoms with Gasteiger partial charge in [0.2, 0.25) is 0 Å². The normalized spacial score (nSPS) is 10.8. The first kappa shape index (κ1) is 12.7. The van der Waals surface area contributed by atoms with Gasteiger partial charge in [-0.3, -0.25) is 4.79 Å². The lowest BCUT2D eigenvalue weighted by molar-refractivity contribution is 0.807. The SMILES string of the molecule is C=c1cc(C)c(=O)n(C)/c1=C\C.CC. The third-order valence-corrected chi connectivity index (χ3v) is 2.00. The third kappa shape index (κ3) is 2.34. The molecule has 2 nitrogen and oxygen atoms in total. The Kier molecular flexibility index (Phi) is 4.92. The van der Waals surface area contributed by atoms with Crippen molar-refractivity contribution in [2.75, 3.05) is 0 Å². The molecule has 0 amide bonds. The number of pyridine rings is 1. The largest absolute Gasteiger partial charge is 0.311 e. The molecule has 14 heavy (non-hydrogen) atoms. The van der Waals surface area contributed by atoms with Crippen molar-refractivity contribution < 1.29 is 0 Å². The third-order valence-electron chi connectivity index (χ3n) is 2.00. The molecule has 0 spiro atoms. The van der Waals surface area contributed by atoms with Crippen LogP contribution in [-0.2, 0) is 7.05 Å². The lowest BCUT2D eigenvalue weighted by Crippen LogP contribution is -2.41. The molecule has 0 bridgehead atoms. The highest BCUT2D eigenvalue weighted by molar-refractivity contribution is 5.22. The van der Waals surface area contributed by atoms with E-state index in [9.17, 15) is 4.79 Å². The summed E-state index contributed by atoms with van der Waals surface area (Å²) < 4.78 is 1.62. The molecule has 0 aromatic carbocycles. The molecule has 0 N–H and O–H groups in total. The van der Waals surface area contributed by atoms with Gasteiger partial charge in [-0.1, -0.05) is 26.5 Å². The van der Waals surface area contributed by atoms with Crippen LogP contribution < -0.4 is 16.1 Å². The van der Waals surface area contributed by atoms with Crippen molar-refractivity contribution in [1.29, 1.82) is 0 Å². The van der Waals surface area contributed by atoms with E-state index >= 15 is 0 Å². The summed E-state index contributed by atoms with van der Waals surface area (Å²) >= 11 is 0. The van der Waals surface area contributed by atoms with Gasteiger partial charge in [-0.05, 0) is 25.1 Å². The molecule has 1 heterocycles. The number of hydrogen-bond acceptors (Lipinski definition) is 1. The molecule has 0 aliphatic heterocycles. The van der Waals surface area contributed by atoms with E-state index in [1.807, 2.05) is 32.9 Å². The summed E-state index contributed by atoms with van der Waals surface area (Å²) in [7, 11) is 1.76. The molecule has 0 radical (unpaired) electrons. The average Bonchev–Trinajstić information content (AvgIpc) is 2.18. The molecule has 1 rings (SSSR count). The first-order chi connectivity index (χ1) is 6.57. The second-order valence-corrected chi connectivity index (χ2v) is 2.89. The Morgan fingerprint density at radius 2 is 1.93 bits per heavy atom. The molecule has 0 fully saturated rings. The highest BCUT2D eigenvalue weighted by Crippen LogP contribution is 1.76. The molecule has 78 valence electrons. The summed E-state index contributed by atoms with van der Waals surface area (Å²) in [4.78, 5) is 11.4. The highest BCUT2D eigenvalue weighted by atomic mass is 16.1. The second kappa shape index (κ2) is 5.43. The molecular formula is C12H19NO. The van der Waals surface area contributed by atoms with Crippen LogP contribution in [0.25, 0.3) is 12.7 Å². The van der Waals surface area contributed by atoms with E-state index in [1.165, 1.54) is 0 Å². The predicted molar refractivity (Wildman–Crippen MR) is 62.7 cm³/mol. The minimum atomic E-state index is 0.0514. The van der Waals surface area contributed by atoms with Crippen LogP contribution in [0.4, 0.5) is 0 Å². The van der Waals surface area contributed by atoms with Crippen LogP contribution in [0, 0.1) is 6.92 Å². The maximum absolute atomic E-state index is 11.4. The van der Waals surface area contributed by atoms with Crippen molar-refractivity contribution in [3.8, 4) is 0 Å². The fourth-order valence-corrected chi connectivity index (χ4v) is 1.37. The van der Waals surface area contributed by atoms with Gasteiger partial charge >= 0.3 is 0 Å². The first-order valence-electron chi connectivity index (χ1n) is 4.90. The summed E-state index contributed by atoms with van der Waals surface area (Å²) in [6.07, 6.45) is 1.89. The standard InChI is InChI=1S/C10H13NO.C2H6/c1-5-9-7(2)6-8(3)10(12)11(9)4;1-2/h5-6H,2H2,1,3-4H3;1-2H3/b9-5-;. The number of nitrogens with zero attached hydrogens (tertiary/aromatic N) is 1. The van der Waals surface area contributed by atoms with Gasteiger partial charge in [0.05, 0.1) is 0 Å². The molecule has 1 aromatic rings. The van der Waals surface area contributed by atoms with E-state index in [4.69, 9.17) is 0 Å². The summed E-state index contributed by atoms with van der Waals surface area (Å²) in [5.41, 5.74) is 0.795. The van der Waals surface area contributed by atoms with Crippen LogP contribution in [-0.4, -0.2) is 4.57 Å². The maximum atomic E-state index is 11.4. The lowest BCUT2D eigenvalue weighted by Gasteiger charge is -2.00. The monoisotopic (exact) mass is 193 g/mol. The van der Waals surface area contributed by atoms with Crippen LogP contribution in [0.3, 0.4) is 0 Å². The van der Waals surface area contributed by atoms with Crippen molar-refractivity contribution >= 4 is 12.7 Å². The van der Waals surface area contributed by atoms with Gasteiger partial charge in [-0.25, -0.2) is 0 Å². The van der Waals surface area contributed by atoms with Gasteiger partial charge in [0.15, 0.2) is 0 Å². The van der Waals surface area contributed by atoms with Crippen LogP contribution in [0.2, 0.25) is 0 Å². The molecular weight excluding hydrogens is 174 g/mol. The Balaban J connectivity index is 0.000000791. The van der Waals surface area contributed by atoms with Crippen LogP contribution in [0.1, 0.15) is 26.3 Å². The van der Waals surface area contributed by atoms with Crippen LogP contribution >= 0.6 is 0 Å². The molecule has 0 aliphatic rings. The van der Waals surface area contributed by atoms with Gasteiger partial charge in [-0.2, -0.15) is 0 Å². The summed E-state index contributed by atoms with van der Waals surface area (Å²) in [6.45, 7) is 11.6. The predicted octanol–water partition coefficient (Wildman–Crippen LogP) is 0.931. The quantitative estimate of drug-likeness (QED) is 0.601. The number of hydrogen-bond donors (Lipinski definition) is 0. The molecule has 0 saturated carbocycles. The van der Waals surface area contributed by atoms with E-state index < -0.39 is 0 Å². The number of aryl methyl sites for hydroxylation is 1. The molecule has 0 unspecified atom stereocenters. The Hall–Kier alpha value is -1.31. The topological polar surface area (TPSA) is 22.0 Å². The van der Waals surface area contributed by atoms with E-state index in [-0.39, 0.29) is 5.56 Å². The van der Waals surface area contributed by atoms with Crippen molar-refractivity contribution in [2.24, 2.45) is 7.05 Å². The van der Waals surface area contributed by atoms with E-state index in [1.54, 1.807) is 18.5 Å². The smallest absolute Gasteiger partial charge is 0.253 e. The maximum Gasteiger partial charge on any atom is 0.253 e. The Morgan fingerprint density at radius 3 is 2.36 bits per heavy atom. The summed E-state index contributed by atoms with van der Waals surface area (Å²) in [5, 5.41) is 1.79. The Bertz CT molecular complexity index is 454. The van der Waals surface area contributed by atoms with Gasteiger partial charge in [-0.15, -0.1) is 0 Å². The molecule has 0 atom stereocenters. The second-order valence-electron chi connectivity index (χ2n) is 2.89. The molecule has 0 saturated heterocycles. The minimum Gasteiger partial charge on any atom is -0.311 e. The van der Waals surface area contributed by atoms with E-state index in [0.29, 0.717) is 0 Å². The van der Waals surface area contributed by atoms with Crippen molar-refractivity contribution in [1.82, 2.24) is 4.57 Å². The lowest BCUT2D eigenvalue weighted by atomic mass is 10.2. The zero-order chi connectivity index (χ0) is 11.3. The van der Waals surface area contributed by atoms with Gasteiger partial charge in [0.25, 0.3) is 5.56 Å². The highest BCUT2D eigenvalue weighted by Gasteiger charge is 1.96. The van der Waals surface area contributed by atoms with Gasteiger partial charge in [0, 0.05) is 18.0 Å². The van der Waals surface area contributed by atoms with Gasteiger partial charge in [0.1, 0.15) is 0 Å². The van der Waals surface area contributed by atoms with Crippen molar-refractivity contribution in [2.45, 2.75) is 27.7 Å². The zero-order valence-electron chi connectivity index (χ0n) is 9.72. The zero-order valence-corrected chi connectivity index (χ0v) is 9.72. The summed E-state index contributed by atoms with van der Waals surface area (Å²) in [5.74, 6) is 0. The molecule has 1 aromatic heterocycles. The molecule has 2 heteroatoms. The van der Waals surface area contributed by atoms with E-state index in [0.717, 1.165) is 16.1 Å². The fourth-order valence-electron chi connectivity index (χ4n) is 1.37. The fraction of sp³-hybridized carbons (Fsp3) is 0.417. The Morgan fingerprint density at radius 1 is 1.43 bits per heavy atom. The average molecular weight is 193 g/mol.